The minimum Gasteiger partial charge on any atom is -0.478 e. The van der Waals surface area contributed by atoms with E-state index in [0.717, 1.165) is 29.5 Å². The van der Waals surface area contributed by atoms with E-state index in [2.05, 4.69) is 4.72 Å². The van der Waals surface area contributed by atoms with Crippen molar-refractivity contribution in [2.24, 2.45) is 0 Å². The van der Waals surface area contributed by atoms with Gasteiger partial charge in [0, 0.05) is 0 Å². The van der Waals surface area contributed by atoms with Crippen molar-refractivity contribution >= 4 is 50.6 Å². The first-order valence-electron chi connectivity index (χ1n) is 5.59. The fourth-order valence-electron chi connectivity index (χ4n) is 1.59. The third-order valence-electron chi connectivity index (χ3n) is 2.55. The molecule has 22 heavy (non-hydrogen) atoms. The Morgan fingerprint density at radius 3 is 2.27 bits per heavy atom. The number of hydrogen-bond acceptors (Lipinski definition) is 5. The van der Waals surface area contributed by atoms with Crippen LogP contribution in [-0.2, 0) is 10.0 Å². The quantitative estimate of drug-likeness (QED) is 0.752. The maximum Gasteiger partial charge on any atom is 0.337 e. The van der Waals surface area contributed by atoms with Crippen LogP contribution in [0.1, 0.15) is 20.7 Å². The first kappa shape index (κ1) is 16.3. The van der Waals surface area contributed by atoms with Crippen molar-refractivity contribution in [3.05, 3.63) is 45.8 Å². The van der Waals surface area contributed by atoms with Crippen molar-refractivity contribution in [3.8, 4) is 0 Å². The molecule has 10 heteroatoms. The van der Waals surface area contributed by atoms with Crippen LogP contribution in [0.25, 0.3) is 0 Å². The third-order valence-corrected chi connectivity index (χ3v) is 5.64. The highest BCUT2D eigenvalue weighted by molar-refractivity contribution is 7.94. The van der Waals surface area contributed by atoms with Gasteiger partial charge in [0.25, 0.3) is 10.0 Å². The van der Waals surface area contributed by atoms with E-state index >= 15 is 0 Å². The summed E-state index contributed by atoms with van der Waals surface area (Å²) in [5, 5.41) is 18.0. The number of carbonyl (C=O) groups is 2. The fraction of sp³-hybridized carbons (Fsp3) is 0. The van der Waals surface area contributed by atoms with Crippen LogP contribution in [0.3, 0.4) is 0 Å². The lowest BCUT2D eigenvalue weighted by atomic mass is 10.1. The van der Waals surface area contributed by atoms with Crippen LogP contribution in [0.5, 0.6) is 0 Å². The maximum atomic E-state index is 12.2. The van der Waals surface area contributed by atoms with Crippen molar-refractivity contribution in [3.63, 3.8) is 0 Å². The largest absolute Gasteiger partial charge is 0.478 e. The SMILES string of the molecule is O=C(O)c1ccc(C(=O)O)c(NS(=O)(=O)c2ccc(Cl)s2)c1. The Morgan fingerprint density at radius 1 is 1.09 bits per heavy atom. The first-order chi connectivity index (χ1) is 10.2. The molecule has 2 aromatic rings. The number of rotatable bonds is 5. The molecular formula is C12H8ClNO6S2. The Labute approximate surface area is 133 Å². The summed E-state index contributed by atoms with van der Waals surface area (Å²) in [5.41, 5.74) is -0.944. The maximum absolute atomic E-state index is 12.2. The van der Waals surface area contributed by atoms with E-state index in [1.54, 1.807) is 0 Å². The summed E-state index contributed by atoms with van der Waals surface area (Å²) in [6, 6.07) is 5.68. The number of nitrogens with one attached hydrogen (secondary N) is 1. The number of benzene rings is 1. The smallest absolute Gasteiger partial charge is 0.337 e. The number of sulfonamides is 1. The average Bonchev–Trinajstić information content (AvgIpc) is 2.85. The van der Waals surface area contributed by atoms with E-state index in [-0.39, 0.29) is 25.4 Å². The highest BCUT2D eigenvalue weighted by Gasteiger charge is 2.21. The molecule has 0 atom stereocenters. The summed E-state index contributed by atoms with van der Waals surface area (Å²) >= 11 is 6.46. The minimum atomic E-state index is -4.06. The first-order valence-corrected chi connectivity index (χ1v) is 8.27. The van der Waals surface area contributed by atoms with Crippen LogP contribution in [0.15, 0.2) is 34.5 Å². The molecule has 0 aliphatic heterocycles. The molecule has 0 aliphatic rings. The highest BCUT2D eigenvalue weighted by atomic mass is 35.5. The normalized spacial score (nSPS) is 11.1. The van der Waals surface area contributed by atoms with Crippen LogP contribution in [0.4, 0.5) is 5.69 Å². The van der Waals surface area contributed by atoms with Gasteiger partial charge in [0.05, 0.1) is 21.2 Å². The van der Waals surface area contributed by atoms with Gasteiger partial charge < -0.3 is 10.2 Å². The molecule has 1 aromatic carbocycles. The molecule has 2 rings (SSSR count). The molecule has 0 saturated carbocycles. The molecule has 1 aromatic heterocycles. The summed E-state index contributed by atoms with van der Waals surface area (Å²) in [7, 11) is -4.06. The van der Waals surface area contributed by atoms with Crippen LogP contribution in [0, 0.1) is 0 Å². The standard InChI is InChI=1S/C12H8ClNO6S2/c13-9-3-4-10(21-9)22(19,20)14-8-5-6(11(15)16)1-2-7(8)12(17)18/h1-5,14H,(H,15,16)(H,17,18). The van der Waals surface area contributed by atoms with Crippen molar-refractivity contribution in [2.45, 2.75) is 4.21 Å². The van der Waals surface area contributed by atoms with Gasteiger partial charge in [0.15, 0.2) is 0 Å². The van der Waals surface area contributed by atoms with E-state index in [1.807, 2.05) is 0 Å². The number of hydrogen-bond donors (Lipinski definition) is 3. The molecule has 0 aliphatic carbocycles. The van der Waals surface area contributed by atoms with Crippen molar-refractivity contribution in [2.75, 3.05) is 4.72 Å². The molecular weight excluding hydrogens is 354 g/mol. The van der Waals surface area contributed by atoms with E-state index < -0.39 is 22.0 Å². The molecule has 0 bridgehead atoms. The van der Waals surface area contributed by atoms with Gasteiger partial charge >= 0.3 is 11.9 Å². The summed E-state index contributed by atoms with van der Waals surface area (Å²) in [5.74, 6) is -2.70. The van der Waals surface area contributed by atoms with Crippen molar-refractivity contribution in [1.29, 1.82) is 0 Å². The molecule has 0 fully saturated rings. The number of anilines is 1. The molecule has 0 saturated heterocycles. The van der Waals surface area contributed by atoms with Gasteiger partial charge in [0.2, 0.25) is 0 Å². The highest BCUT2D eigenvalue weighted by Crippen LogP contribution is 2.28. The second-order valence-electron chi connectivity index (χ2n) is 4.03. The van der Waals surface area contributed by atoms with E-state index in [0.29, 0.717) is 0 Å². The van der Waals surface area contributed by atoms with E-state index in [9.17, 15) is 18.0 Å². The zero-order valence-electron chi connectivity index (χ0n) is 10.6. The number of thiophene rings is 1. The second-order valence-corrected chi connectivity index (χ2v) is 7.66. The fourth-order valence-corrected chi connectivity index (χ4v) is 4.14. The van der Waals surface area contributed by atoms with Gasteiger partial charge in [-0.15, -0.1) is 11.3 Å². The summed E-state index contributed by atoms with van der Waals surface area (Å²) in [6.45, 7) is 0. The lowest BCUT2D eigenvalue weighted by molar-refractivity contribution is 0.0682. The Balaban J connectivity index is 2.49. The lowest BCUT2D eigenvalue weighted by Gasteiger charge is -2.10. The topological polar surface area (TPSA) is 121 Å². The van der Waals surface area contributed by atoms with Crippen LogP contribution < -0.4 is 4.72 Å². The predicted molar refractivity (Wildman–Crippen MR) is 80.5 cm³/mol. The van der Waals surface area contributed by atoms with Gasteiger partial charge in [-0.2, -0.15) is 0 Å². The van der Waals surface area contributed by atoms with Crippen LogP contribution >= 0.6 is 22.9 Å². The van der Waals surface area contributed by atoms with Gasteiger partial charge in [-0.1, -0.05) is 11.6 Å². The Bertz CT molecular complexity index is 858. The number of carboxylic acid groups (broad SMARTS) is 2. The molecule has 1 heterocycles. The number of aromatic carboxylic acids is 2. The average molecular weight is 362 g/mol. The lowest BCUT2D eigenvalue weighted by Crippen LogP contribution is -2.15. The van der Waals surface area contributed by atoms with Gasteiger partial charge in [-0.3, -0.25) is 4.72 Å². The van der Waals surface area contributed by atoms with Crippen molar-refractivity contribution in [1.82, 2.24) is 0 Å². The zero-order valence-corrected chi connectivity index (χ0v) is 13.0. The summed E-state index contributed by atoms with van der Waals surface area (Å²) in [6.07, 6.45) is 0. The molecule has 0 unspecified atom stereocenters. The molecule has 7 nitrogen and oxygen atoms in total. The molecule has 0 amide bonds. The molecule has 0 radical (unpaired) electrons. The zero-order chi connectivity index (χ0) is 16.5. The van der Waals surface area contributed by atoms with Crippen LogP contribution in [-0.4, -0.2) is 30.6 Å². The van der Waals surface area contributed by atoms with E-state index in [4.69, 9.17) is 21.8 Å². The van der Waals surface area contributed by atoms with Crippen molar-refractivity contribution < 1.29 is 28.2 Å². The number of carboxylic acids is 2. The van der Waals surface area contributed by atoms with Gasteiger partial charge in [-0.05, 0) is 30.3 Å². The Kier molecular flexibility index (Phi) is 4.40. The van der Waals surface area contributed by atoms with Gasteiger partial charge in [-0.25, -0.2) is 18.0 Å². The molecule has 3 N–H and O–H groups in total. The third kappa shape index (κ3) is 3.38. The predicted octanol–water partition coefficient (Wildman–Crippen LogP) is 2.60. The van der Waals surface area contributed by atoms with Crippen LogP contribution in [0.2, 0.25) is 4.34 Å². The molecule has 0 spiro atoms. The van der Waals surface area contributed by atoms with E-state index in [1.165, 1.54) is 12.1 Å². The second kappa shape index (κ2) is 5.95. The number of halogens is 1. The Hall–Kier alpha value is -2.10. The Morgan fingerprint density at radius 2 is 1.77 bits per heavy atom. The summed E-state index contributed by atoms with van der Waals surface area (Å²) in [4.78, 5) is 22.1. The monoisotopic (exact) mass is 361 g/mol. The summed E-state index contributed by atoms with van der Waals surface area (Å²) < 4.78 is 26.5. The molecule has 116 valence electrons. The minimum absolute atomic E-state index is 0.116. The van der Waals surface area contributed by atoms with Gasteiger partial charge in [0.1, 0.15) is 4.21 Å².